The third-order valence-corrected chi connectivity index (χ3v) is 8.10. The van der Waals surface area contributed by atoms with Crippen molar-refractivity contribution in [1.29, 1.82) is 0 Å². The molecule has 1 unspecified atom stereocenters. The van der Waals surface area contributed by atoms with E-state index in [0.29, 0.717) is 35.9 Å². The Labute approximate surface area is 221 Å². The molecule has 8 heteroatoms. The lowest BCUT2D eigenvalue weighted by Crippen LogP contribution is -2.54. The number of halogens is 2. The first kappa shape index (κ1) is 25.2. The third kappa shape index (κ3) is 5.15. The lowest BCUT2D eigenvalue weighted by atomic mass is 9.85. The number of para-hydroxylation sites is 1. The van der Waals surface area contributed by atoms with Gasteiger partial charge in [-0.1, -0.05) is 53.5 Å². The van der Waals surface area contributed by atoms with Crippen molar-refractivity contribution in [2.24, 2.45) is 0 Å². The zero-order valence-electron chi connectivity index (χ0n) is 19.9. The number of carbonyl (C=O) groups excluding carboxylic acids is 1. The van der Waals surface area contributed by atoms with Gasteiger partial charge in [-0.3, -0.25) is 9.78 Å². The average molecular weight is 526 g/mol. The summed E-state index contributed by atoms with van der Waals surface area (Å²) in [4.78, 5) is 21.4. The normalized spacial score (nSPS) is 22.5. The van der Waals surface area contributed by atoms with Crippen molar-refractivity contribution in [3.05, 3.63) is 94.2 Å². The number of rotatable bonds is 6. The number of morpholine rings is 1. The van der Waals surface area contributed by atoms with Crippen LogP contribution >= 0.6 is 23.2 Å². The first-order valence-corrected chi connectivity index (χ1v) is 13.0. The van der Waals surface area contributed by atoms with Crippen LogP contribution in [0.3, 0.4) is 0 Å². The van der Waals surface area contributed by atoms with Gasteiger partial charge in [-0.05, 0) is 61.2 Å². The fraction of sp³-hybridized carbons (Fsp3) is 0.357. The van der Waals surface area contributed by atoms with Crippen LogP contribution in [0.25, 0.3) is 0 Å². The molecule has 3 heterocycles. The number of hydrogen-bond donors (Lipinski definition) is 1. The van der Waals surface area contributed by atoms with Gasteiger partial charge in [0.25, 0.3) is 5.91 Å². The molecular formula is C28H29Cl2N3O3. The molecule has 2 aliphatic heterocycles. The van der Waals surface area contributed by atoms with Gasteiger partial charge in [0.1, 0.15) is 17.8 Å². The maximum atomic E-state index is 12.9. The van der Waals surface area contributed by atoms with E-state index in [4.69, 9.17) is 27.9 Å². The molecule has 0 spiro atoms. The van der Waals surface area contributed by atoms with Crippen molar-refractivity contribution in [3.8, 4) is 0 Å². The number of benzene rings is 2. The highest BCUT2D eigenvalue weighted by Gasteiger charge is 2.43. The van der Waals surface area contributed by atoms with E-state index in [2.05, 4.69) is 9.88 Å². The van der Waals surface area contributed by atoms with Gasteiger partial charge in [0.2, 0.25) is 0 Å². The van der Waals surface area contributed by atoms with E-state index in [9.17, 15) is 9.90 Å². The molecular weight excluding hydrogens is 497 g/mol. The van der Waals surface area contributed by atoms with Gasteiger partial charge in [0.05, 0.1) is 22.3 Å². The predicted octanol–water partition coefficient (Wildman–Crippen LogP) is 5.02. The number of amides is 1. The summed E-state index contributed by atoms with van der Waals surface area (Å²) in [6.07, 6.45) is 3.60. The molecule has 0 aliphatic carbocycles. The van der Waals surface area contributed by atoms with Gasteiger partial charge in [0.15, 0.2) is 0 Å². The Morgan fingerprint density at radius 1 is 0.972 bits per heavy atom. The second kappa shape index (κ2) is 10.5. The monoisotopic (exact) mass is 525 g/mol. The standard InChI is InChI=1S/C28H29Cl2N3O3/c29-23-10-9-21(18-24(23)30)28(20-33(26(34)19-36-28)22-6-2-1-3-7-22)13-17-32-15-11-27(35,12-16-32)25-8-4-5-14-31-25/h1-10,14,18,35H,11-13,15-17,19-20H2. The van der Waals surface area contributed by atoms with Gasteiger partial charge in [0, 0.05) is 31.5 Å². The third-order valence-electron chi connectivity index (χ3n) is 7.36. The number of ether oxygens (including phenoxy) is 1. The van der Waals surface area contributed by atoms with Gasteiger partial charge in [-0.2, -0.15) is 0 Å². The molecule has 1 atom stereocenters. The van der Waals surface area contributed by atoms with Gasteiger partial charge < -0.3 is 19.6 Å². The van der Waals surface area contributed by atoms with Crippen LogP contribution in [0.5, 0.6) is 0 Å². The lowest BCUT2D eigenvalue weighted by Gasteiger charge is -2.45. The summed E-state index contributed by atoms with van der Waals surface area (Å²) >= 11 is 12.6. The lowest BCUT2D eigenvalue weighted by molar-refractivity contribution is -0.142. The first-order chi connectivity index (χ1) is 17.4. The van der Waals surface area contributed by atoms with Crippen LogP contribution in [0.15, 0.2) is 72.9 Å². The number of carbonyl (C=O) groups is 1. The molecule has 1 N–H and O–H groups in total. The predicted molar refractivity (Wildman–Crippen MR) is 141 cm³/mol. The molecule has 0 saturated carbocycles. The van der Waals surface area contributed by atoms with E-state index in [-0.39, 0.29) is 12.5 Å². The minimum absolute atomic E-state index is 0.0193. The van der Waals surface area contributed by atoms with Crippen molar-refractivity contribution in [2.75, 3.05) is 37.7 Å². The molecule has 0 bridgehead atoms. The van der Waals surface area contributed by atoms with Gasteiger partial charge in [-0.25, -0.2) is 0 Å². The molecule has 188 valence electrons. The highest BCUT2D eigenvalue weighted by molar-refractivity contribution is 6.42. The summed E-state index contributed by atoms with van der Waals surface area (Å²) < 4.78 is 6.33. The molecule has 2 fully saturated rings. The van der Waals surface area contributed by atoms with Crippen molar-refractivity contribution >= 4 is 34.8 Å². The summed E-state index contributed by atoms with van der Waals surface area (Å²) in [5.41, 5.74) is 0.814. The highest BCUT2D eigenvalue weighted by Crippen LogP contribution is 2.39. The number of hydrogen-bond acceptors (Lipinski definition) is 5. The highest BCUT2D eigenvalue weighted by atomic mass is 35.5. The number of piperidine rings is 1. The molecule has 6 nitrogen and oxygen atoms in total. The molecule has 0 radical (unpaired) electrons. The van der Waals surface area contributed by atoms with E-state index < -0.39 is 11.2 Å². The Balaban J connectivity index is 1.36. The smallest absolute Gasteiger partial charge is 0.253 e. The molecule has 36 heavy (non-hydrogen) atoms. The minimum atomic E-state index is -0.906. The SMILES string of the molecule is O=C1COC(CCN2CCC(O)(c3ccccn3)CC2)(c2ccc(Cl)c(Cl)c2)CN1c1ccccc1. The molecule has 1 aromatic heterocycles. The summed E-state index contributed by atoms with van der Waals surface area (Å²) in [6.45, 7) is 2.58. The van der Waals surface area contributed by atoms with Crippen LogP contribution in [-0.2, 0) is 20.7 Å². The fourth-order valence-corrected chi connectivity index (χ4v) is 5.44. The Kier molecular flexibility index (Phi) is 7.33. The number of likely N-dealkylation sites (tertiary alicyclic amines) is 1. The first-order valence-electron chi connectivity index (χ1n) is 12.2. The summed E-state index contributed by atoms with van der Waals surface area (Å²) in [7, 11) is 0. The number of aliphatic hydroxyl groups is 1. The summed E-state index contributed by atoms with van der Waals surface area (Å²) in [5, 5.41) is 12.1. The molecule has 5 rings (SSSR count). The molecule has 2 saturated heterocycles. The van der Waals surface area contributed by atoms with Gasteiger partial charge in [-0.15, -0.1) is 0 Å². The molecule has 3 aromatic rings. The molecule has 1 amide bonds. The average Bonchev–Trinajstić information content (AvgIpc) is 2.92. The van der Waals surface area contributed by atoms with E-state index in [1.165, 1.54) is 0 Å². The van der Waals surface area contributed by atoms with E-state index in [0.717, 1.165) is 36.6 Å². The van der Waals surface area contributed by atoms with Gasteiger partial charge >= 0.3 is 0 Å². The van der Waals surface area contributed by atoms with Crippen molar-refractivity contribution in [1.82, 2.24) is 9.88 Å². The maximum Gasteiger partial charge on any atom is 0.253 e. The Morgan fingerprint density at radius 3 is 2.42 bits per heavy atom. The zero-order chi connectivity index (χ0) is 25.2. The van der Waals surface area contributed by atoms with Crippen molar-refractivity contribution < 1.29 is 14.6 Å². The van der Waals surface area contributed by atoms with Crippen LogP contribution in [-0.4, -0.2) is 53.7 Å². The van der Waals surface area contributed by atoms with Crippen LogP contribution in [0, 0.1) is 0 Å². The van der Waals surface area contributed by atoms with Crippen molar-refractivity contribution in [2.45, 2.75) is 30.5 Å². The minimum Gasteiger partial charge on any atom is -0.383 e. The van der Waals surface area contributed by atoms with Crippen LogP contribution in [0.2, 0.25) is 10.0 Å². The zero-order valence-corrected chi connectivity index (χ0v) is 21.5. The van der Waals surface area contributed by atoms with E-state index in [1.54, 1.807) is 17.2 Å². The summed E-state index contributed by atoms with van der Waals surface area (Å²) in [6, 6.07) is 20.9. The Bertz CT molecular complexity index is 1200. The molecule has 2 aromatic carbocycles. The number of aromatic nitrogens is 1. The maximum absolute atomic E-state index is 12.9. The number of anilines is 1. The van der Waals surface area contributed by atoms with Crippen LogP contribution in [0.4, 0.5) is 5.69 Å². The molecule has 2 aliphatic rings. The number of pyridine rings is 1. The number of nitrogens with zero attached hydrogens (tertiary/aromatic N) is 3. The topological polar surface area (TPSA) is 65.9 Å². The Hall–Kier alpha value is -2.48. The Morgan fingerprint density at radius 2 is 1.72 bits per heavy atom. The van der Waals surface area contributed by atoms with E-state index in [1.807, 2.05) is 60.7 Å². The largest absolute Gasteiger partial charge is 0.383 e. The van der Waals surface area contributed by atoms with Crippen LogP contribution in [0.1, 0.15) is 30.5 Å². The second-order valence-corrected chi connectivity index (χ2v) is 10.4. The van der Waals surface area contributed by atoms with Crippen molar-refractivity contribution in [3.63, 3.8) is 0 Å². The van der Waals surface area contributed by atoms with E-state index >= 15 is 0 Å². The van der Waals surface area contributed by atoms with Crippen LogP contribution < -0.4 is 4.90 Å². The summed E-state index contributed by atoms with van der Waals surface area (Å²) in [5.74, 6) is -0.0738. The quantitative estimate of drug-likeness (QED) is 0.489. The second-order valence-electron chi connectivity index (χ2n) is 9.57. The fourth-order valence-electron chi connectivity index (χ4n) is 5.14.